The van der Waals surface area contributed by atoms with E-state index in [0.717, 1.165) is 38.5 Å². The van der Waals surface area contributed by atoms with Crippen molar-refractivity contribution in [2.45, 2.75) is 275 Å². The van der Waals surface area contributed by atoms with Crippen LogP contribution in [0.2, 0.25) is 0 Å². The van der Waals surface area contributed by atoms with Crippen LogP contribution >= 0.6 is 0 Å². The average Bonchev–Trinajstić information content (AvgIpc) is 3.23. The molecule has 0 aromatic heterocycles. The van der Waals surface area contributed by atoms with Crippen LogP contribution in [0.25, 0.3) is 0 Å². The van der Waals surface area contributed by atoms with Crippen LogP contribution in [-0.4, -0.2) is 87.5 Å². The van der Waals surface area contributed by atoms with E-state index in [1.54, 1.807) is 6.08 Å². The molecule has 0 radical (unpaired) electrons. The van der Waals surface area contributed by atoms with Crippen molar-refractivity contribution in [3.63, 3.8) is 0 Å². The Hall–Kier alpha value is -1.33. The van der Waals surface area contributed by atoms with E-state index >= 15 is 0 Å². The molecule has 0 aromatic carbocycles. The Kier molecular flexibility index (Phi) is 38.4. The van der Waals surface area contributed by atoms with Gasteiger partial charge >= 0.3 is 0 Å². The van der Waals surface area contributed by atoms with Crippen molar-refractivity contribution in [1.82, 2.24) is 5.32 Å². The molecule has 1 fully saturated rings. The maximum atomic E-state index is 13.0. The van der Waals surface area contributed by atoms with E-state index in [1.807, 2.05) is 6.08 Å². The molecule has 1 aliphatic rings. The molecular weight excluding hydrogens is 743 g/mol. The second-order valence-electron chi connectivity index (χ2n) is 17.6. The lowest BCUT2D eigenvalue weighted by atomic mass is 9.99. The molecule has 0 spiro atoms. The Bertz CT molecular complexity index is 977. The molecule has 1 amide bonds. The van der Waals surface area contributed by atoms with Crippen LogP contribution in [0.1, 0.15) is 232 Å². The van der Waals surface area contributed by atoms with Crippen LogP contribution in [0.4, 0.5) is 0 Å². The maximum Gasteiger partial charge on any atom is 0.220 e. The number of ether oxygens (including phenoxy) is 2. The number of carbonyl (C=O) groups is 1. The minimum Gasteiger partial charge on any atom is -0.394 e. The molecule has 7 atom stereocenters. The molecule has 0 aromatic rings. The van der Waals surface area contributed by atoms with Crippen molar-refractivity contribution in [3.05, 3.63) is 24.3 Å². The van der Waals surface area contributed by atoms with Crippen molar-refractivity contribution in [2.75, 3.05) is 13.2 Å². The zero-order chi connectivity index (χ0) is 43.0. The maximum absolute atomic E-state index is 13.0. The lowest BCUT2D eigenvalue weighted by Gasteiger charge is -2.40. The first-order valence-corrected chi connectivity index (χ1v) is 25.1. The van der Waals surface area contributed by atoms with E-state index in [1.165, 1.54) is 173 Å². The summed E-state index contributed by atoms with van der Waals surface area (Å²) in [4.78, 5) is 13.0. The van der Waals surface area contributed by atoms with E-state index < -0.39 is 49.5 Å². The van der Waals surface area contributed by atoms with Crippen LogP contribution in [0.15, 0.2) is 24.3 Å². The number of hydrogen-bond acceptors (Lipinski definition) is 8. The number of amides is 1. The van der Waals surface area contributed by atoms with Gasteiger partial charge in [0.1, 0.15) is 24.4 Å². The van der Waals surface area contributed by atoms with Crippen molar-refractivity contribution in [1.29, 1.82) is 0 Å². The lowest BCUT2D eigenvalue weighted by molar-refractivity contribution is -0.302. The predicted octanol–water partition coefficient (Wildman–Crippen LogP) is 11.1. The predicted molar refractivity (Wildman–Crippen MR) is 244 cm³/mol. The Morgan fingerprint density at radius 1 is 0.559 bits per heavy atom. The molecule has 9 nitrogen and oxygen atoms in total. The highest BCUT2D eigenvalue weighted by atomic mass is 16.7. The molecular formula is C50H95NO8. The van der Waals surface area contributed by atoms with Gasteiger partial charge in [0.05, 0.1) is 25.4 Å². The number of rotatable bonds is 42. The third-order valence-corrected chi connectivity index (χ3v) is 12.0. The van der Waals surface area contributed by atoms with Crippen molar-refractivity contribution < 1.29 is 39.8 Å². The van der Waals surface area contributed by atoms with Gasteiger partial charge in [0, 0.05) is 6.42 Å². The largest absolute Gasteiger partial charge is 0.394 e. The fourth-order valence-electron chi connectivity index (χ4n) is 7.97. The summed E-state index contributed by atoms with van der Waals surface area (Å²) in [6.07, 6.45) is 42.3. The van der Waals surface area contributed by atoms with Gasteiger partial charge < -0.3 is 40.3 Å². The summed E-state index contributed by atoms with van der Waals surface area (Å²) in [6, 6.07) is -0.804. The van der Waals surface area contributed by atoms with Gasteiger partial charge in [-0.05, 0) is 44.9 Å². The highest BCUT2D eigenvalue weighted by Crippen LogP contribution is 2.23. The zero-order valence-electron chi connectivity index (χ0n) is 38.3. The van der Waals surface area contributed by atoms with Gasteiger partial charge in [-0.15, -0.1) is 0 Å². The second-order valence-corrected chi connectivity index (χ2v) is 17.6. The standard InChI is InChI=1S/C50H95NO8/c1-3-5-7-9-11-13-15-17-18-19-20-21-22-23-24-25-26-28-30-32-34-36-38-40-46(54)51-43(42-58-50-49(57)48(56)47(55)45(41-52)59-50)44(53)39-37-35-33-31-29-27-16-14-12-10-8-6-4-2/h23-24,37,39,43-45,47-50,52-53,55-57H,3-22,25-36,38,40-42H2,1-2H3,(H,51,54)/b24-23-,39-37+. The van der Waals surface area contributed by atoms with Crippen LogP contribution < -0.4 is 5.32 Å². The van der Waals surface area contributed by atoms with E-state index in [2.05, 4.69) is 31.3 Å². The van der Waals surface area contributed by atoms with Crippen LogP contribution in [0.3, 0.4) is 0 Å². The summed E-state index contributed by atoms with van der Waals surface area (Å²) in [7, 11) is 0. The Morgan fingerprint density at radius 2 is 0.949 bits per heavy atom. The lowest BCUT2D eigenvalue weighted by Crippen LogP contribution is -2.60. The quantitative estimate of drug-likeness (QED) is 0.0263. The number of nitrogens with one attached hydrogen (secondary N) is 1. The summed E-state index contributed by atoms with van der Waals surface area (Å²) in [5.41, 5.74) is 0. The molecule has 0 saturated carbocycles. The number of unbranched alkanes of at least 4 members (excludes halogenated alkanes) is 30. The SMILES string of the molecule is CCCCCCCCCCCCC/C=C/C(O)C(COC1OC(CO)C(O)C(O)C1O)NC(=O)CCCCCCCCC/C=C\CCCCCCCCCCCCCC. The molecule has 1 aliphatic heterocycles. The third kappa shape index (κ3) is 31.2. The number of allylic oxidation sites excluding steroid dienone is 3. The van der Waals surface area contributed by atoms with Crippen LogP contribution in [0.5, 0.6) is 0 Å². The Balaban J connectivity index is 2.27. The number of carbonyl (C=O) groups excluding carboxylic acids is 1. The summed E-state index contributed by atoms with van der Waals surface area (Å²) in [6.45, 7) is 3.78. The van der Waals surface area contributed by atoms with Gasteiger partial charge in [0.2, 0.25) is 5.91 Å². The van der Waals surface area contributed by atoms with E-state index in [0.29, 0.717) is 6.42 Å². The molecule has 9 heteroatoms. The summed E-state index contributed by atoms with van der Waals surface area (Å²) in [5, 5.41) is 54.2. The number of aliphatic hydroxyl groups excluding tert-OH is 5. The first kappa shape index (κ1) is 55.7. The Labute approximate surface area is 362 Å². The van der Waals surface area contributed by atoms with Gasteiger partial charge in [0.15, 0.2) is 6.29 Å². The van der Waals surface area contributed by atoms with Gasteiger partial charge in [0.25, 0.3) is 0 Å². The molecule has 348 valence electrons. The number of aliphatic hydroxyl groups is 5. The molecule has 7 unspecified atom stereocenters. The molecule has 1 heterocycles. The monoisotopic (exact) mass is 838 g/mol. The summed E-state index contributed by atoms with van der Waals surface area (Å²) >= 11 is 0. The second kappa shape index (κ2) is 40.7. The summed E-state index contributed by atoms with van der Waals surface area (Å²) < 4.78 is 11.2. The zero-order valence-corrected chi connectivity index (χ0v) is 38.3. The molecule has 0 aliphatic carbocycles. The van der Waals surface area contributed by atoms with Gasteiger partial charge in [-0.25, -0.2) is 0 Å². The van der Waals surface area contributed by atoms with Gasteiger partial charge in [-0.3, -0.25) is 4.79 Å². The number of hydrogen-bond donors (Lipinski definition) is 6. The Morgan fingerprint density at radius 3 is 1.37 bits per heavy atom. The van der Waals surface area contributed by atoms with Gasteiger partial charge in [-0.1, -0.05) is 205 Å². The molecule has 6 N–H and O–H groups in total. The topological polar surface area (TPSA) is 149 Å². The highest BCUT2D eigenvalue weighted by molar-refractivity contribution is 5.76. The van der Waals surface area contributed by atoms with Crippen molar-refractivity contribution in [3.8, 4) is 0 Å². The molecule has 59 heavy (non-hydrogen) atoms. The minimum atomic E-state index is -1.56. The molecule has 0 bridgehead atoms. The van der Waals surface area contributed by atoms with Crippen LogP contribution in [0, 0.1) is 0 Å². The third-order valence-electron chi connectivity index (χ3n) is 12.0. The first-order valence-electron chi connectivity index (χ1n) is 25.1. The van der Waals surface area contributed by atoms with Gasteiger partial charge in [-0.2, -0.15) is 0 Å². The normalized spacial score (nSPS) is 20.8. The van der Waals surface area contributed by atoms with Crippen molar-refractivity contribution >= 4 is 5.91 Å². The fourth-order valence-corrected chi connectivity index (χ4v) is 7.97. The van der Waals surface area contributed by atoms with Crippen LogP contribution in [-0.2, 0) is 14.3 Å². The first-order chi connectivity index (χ1) is 28.8. The fraction of sp³-hybridized carbons (Fsp3) is 0.900. The van der Waals surface area contributed by atoms with E-state index in [9.17, 15) is 30.3 Å². The highest BCUT2D eigenvalue weighted by Gasteiger charge is 2.44. The van der Waals surface area contributed by atoms with Crippen molar-refractivity contribution in [2.24, 2.45) is 0 Å². The molecule has 1 rings (SSSR count). The van der Waals surface area contributed by atoms with E-state index in [-0.39, 0.29) is 12.5 Å². The minimum absolute atomic E-state index is 0.180. The van der Waals surface area contributed by atoms with E-state index in [4.69, 9.17) is 9.47 Å². The average molecular weight is 838 g/mol. The summed E-state index contributed by atoms with van der Waals surface area (Å²) in [5.74, 6) is -0.180. The molecule has 1 saturated heterocycles. The smallest absolute Gasteiger partial charge is 0.220 e.